The van der Waals surface area contributed by atoms with Gasteiger partial charge in [-0.2, -0.15) is 5.26 Å². The van der Waals surface area contributed by atoms with Crippen molar-refractivity contribution in [3.63, 3.8) is 0 Å². The maximum Gasteiger partial charge on any atom is 0.162 e. The van der Waals surface area contributed by atoms with Gasteiger partial charge in [0.25, 0.3) is 0 Å². The highest BCUT2D eigenvalue weighted by atomic mass is 32.2. The fourth-order valence-electron chi connectivity index (χ4n) is 1.66. The van der Waals surface area contributed by atoms with Gasteiger partial charge in [0.1, 0.15) is 5.40 Å². The van der Waals surface area contributed by atoms with E-state index in [1.54, 1.807) is 6.07 Å². The second kappa shape index (κ2) is 6.49. The Hall–Kier alpha value is -1.08. The van der Waals surface area contributed by atoms with Crippen molar-refractivity contribution in [1.82, 2.24) is 0 Å². The van der Waals surface area contributed by atoms with Crippen LogP contribution >= 0.6 is 11.8 Å². The lowest BCUT2D eigenvalue weighted by molar-refractivity contribution is 0.482. The third-order valence-electron chi connectivity index (χ3n) is 2.55. The highest BCUT2D eigenvalue weighted by Gasteiger charge is 2.16. The average Bonchev–Trinajstić information content (AvgIpc) is 2.29. The Morgan fingerprint density at radius 2 is 2.19 bits per heavy atom. The minimum atomic E-state index is -0.802. The first-order valence-corrected chi connectivity index (χ1v) is 6.14. The largest absolute Gasteiger partial charge is 0.204 e. The fraction of sp³-hybridized carbons (Fsp3) is 0.417. The van der Waals surface area contributed by atoms with Crippen LogP contribution in [-0.4, -0.2) is 5.75 Å². The standard InChI is InChI=1S/C12H13F2NS/c1-2-9(6-7-16-8-15)10-4-3-5-11(13)12(10)14/h3-5,9H,2,6-7H2,1H3. The number of hydrogen-bond acceptors (Lipinski definition) is 2. The molecule has 1 rings (SSSR count). The molecule has 0 fully saturated rings. The predicted octanol–water partition coefficient (Wildman–Crippen LogP) is 4.06. The summed E-state index contributed by atoms with van der Waals surface area (Å²) in [4.78, 5) is 0. The van der Waals surface area contributed by atoms with Crippen LogP contribution in [0.1, 0.15) is 31.2 Å². The number of thioether (sulfide) groups is 1. The number of nitrogens with zero attached hydrogens (tertiary/aromatic N) is 1. The zero-order valence-corrected chi connectivity index (χ0v) is 9.86. The zero-order valence-electron chi connectivity index (χ0n) is 9.04. The molecule has 0 heterocycles. The van der Waals surface area contributed by atoms with E-state index in [1.165, 1.54) is 6.07 Å². The topological polar surface area (TPSA) is 23.8 Å². The first-order valence-electron chi connectivity index (χ1n) is 5.15. The summed E-state index contributed by atoms with van der Waals surface area (Å²) in [5.74, 6) is -0.929. The lowest BCUT2D eigenvalue weighted by atomic mass is 9.93. The van der Waals surface area contributed by atoms with Gasteiger partial charge in [0.2, 0.25) is 0 Å². The molecule has 1 aromatic rings. The quantitative estimate of drug-likeness (QED) is 0.573. The summed E-state index contributed by atoms with van der Waals surface area (Å²) in [5.41, 5.74) is 0.418. The number of hydrogen-bond donors (Lipinski definition) is 0. The Balaban J connectivity index is 2.79. The SMILES string of the molecule is CCC(CCSC#N)c1cccc(F)c1F. The second-order valence-corrected chi connectivity index (χ2v) is 4.36. The van der Waals surface area contributed by atoms with Gasteiger partial charge in [-0.05, 0) is 42.2 Å². The van der Waals surface area contributed by atoms with E-state index in [9.17, 15) is 8.78 Å². The van der Waals surface area contributed by atoms with Gasteiger partial charge in [0.15, 0.2) is 11.6 Å². The lowest BCUT2D eigenvalue weighted by Crippen LogP contribution is -2.03. The third-order valence-corrected chi connectivity index (χ3v) is 3.12. The molecule has 1 aromatic carbocycles. The first kappa shape index (κ1) is 13.0. The summed E-state index contributed by atoms with van der Waals surface area (Å²) in [6, 6.07) is 4.26. The number of halogens is 2. The molecule has 0 spiro atoms. The van der Waals surface area contributed by atoms with Gasteiger partial charge in [0.05, 0.1) is 0 Å². The normalized spacial score (nSPS) is 12.1. The van der Waals surface area contributed by atoms with Gasteiger partial charge in [-0.3, -0.25) is 0 Å². The van der Waals surface area contributed by atoms with Crippen molar-refractivity contribution in [2.24, 2.45) is 0 Å². The minimum absolute atomic E-state index is 0.0171. The average molecular weight is 241 g/mol. The van der Waals surface area contributed by atoms with Crippen LogP contribution in [0.25, 0.3) is 0 Å². The van der Waals surface area contributed by atoms with Crippen LogP contribution in [0.15, 0.2) is 18.2 Å². The Bertz CT molecular complexity index is 387. The number of rotatable bonds is 5. The van der Waals surface area contributed by atoms with Crippen molar-refractivity contribution in [3.8, 4) is 5.40 Å². The van der Waals surface area contributed by atoms with E-state index in [4.69, 9.17) is 5.26 Å². The molecule has 86 valence electrons. The molecule has 0 aliphatic rings. The first-order chi connectivity index (χ1) is 7.70. The monoisotopic (exact) mass is 241 g/mol. The van der Waals surface area contributed by atoms with E-state index in [1.807, 2.05) is 12.3 Å². The van der Waals surface area contributed by atoms with E-state index in [0.717, 1.165) is 24.2 Å². The molecule has 0 amide bonds. The van der Waals surface area contributed by atoms with Crippen molar-refractivity contribution in [2.75, 3.05) is 5.75 Å². The molecule has 4 heteroatoms. The molecule has 0 aliphatic heterocycles. The number of benzene rings is 1. The summed E-state index contributed by atoms with van der Waals surface area (Å²) in [7, 11) is 0. The molecule has 0 aromatic heterocycles. The van der Waals surface area contributed by atoms with Crippen LogP contribution in [0.3, 0.4) is 0 Å². The summed E-state index contributed by atoms with van der Waals surface area (Å²) >= 11 is 1.15. The van der Waals surface area contributed by atoms with Crippen LogP contribution in [0.4, 0.5) is 8.78 Å². The lowest BCUT2D eigenvalue weighted by Gasteiger charge is -2.15. The zero-order chi connectivity index (χ0) is 12.0. The van der Waals surface area contributed by atoms with Crippen LogP contribution in [0.2, 0.25) is 0 Å². The number of thiocyanates is 1. The predicted molar refractivity (Wildman–Crippen MR) is 62.1 cm³/mol. The van der Waals surface area contributed by atoms with Crippen LogP contribution in [-0.2, 0) is 0 Å². The smallest absolute Gasteiger partial charge is 0.162 e. The van der Waals surface area contributed by atoms with Gasteiger partial charge >= 0.3 is 0 Å². The van der Waals surface area contributed by atoms with Gasteiger partial charge < -0.3 is 0 Å². The molecule has 0 saturated heterocycles. The Morgan fingerprint density at radius 3 is 2.81 bits per heavy atom. The minimum Gasteiger partial charge on any atom is -0.204 e. The van der Waals surface area contributed by atoms with Crippen molar-refractivity contribution < 1.29 is 8.78 Å². The van der Waals surface area contributed by atoms with Gasteiger partial charge in [-0.25, -0.2) is 8.78 Å². The number of nitriles is 1. The third kappa shape index (κ3) is 3.21. The van der Waals surface area contributed by atoms with Crippen molar-refractivity contribution >= 4 is 11.8 Å². The summed E-state index contributed by atoms with van der Waals surface area (Å²) in [6.45, 7) is 1.94. The molecule has 0 radical (unpaired) electrons. The Kier molecular flexibility index (Phi) is 5.27. The van der Waals surface area contributed by atoms with E-state index < -0.39 is 11.6 Å². The molecule has 0 bridgehead atoms. The molecule has 0 saturated carbocycles. The molecule has 16 heavy (non-hydrogen) atoms. The molecule has 1 atom stereocenters. The molecule has 1 unspecified atom stereocenters. The summed E-state index contributed by atoms with van der Waals surface area (Å²) < 4.78 is 26.5. The van der Waals surface area contributed by atoms with Crippen molar-refractivity contribution in [2.45, 2.75) is 25.7 Å². The van der Waals surface area contributed by atoms with Crippen molar-refractivity contribution in [1.29, 1.82) is 5.26 Å². The maximum atomic E-state index is 13.5. The maximum absolute atomic E-state index is 13.5. The van der Waals surface area contributed by atoms with Gasteiger partial charge in [0, 0.05) is 5.75 Å². The highest BCUT2D eigenvalue weighted by Crippen LogP contribution is 2.28. The van der Waals surface area contributed by atoms with Gasteiger partial charge in [-0.1, -0.05) is 19.1 Å². The van der Waals surface area contributed by atoms with E-state index in [2.05, 4.69) is 0 Å². The van der Waals surface area contributed by atoms with Gasteiger partial charge in [-0.15, -0.1) is 0 Å². The molecule has 1 nitrogen and oxygen atoms in total. The fourth-order valence-corrected chi connectivity index (χ4v) is 2.16. The molecular weight excluding hydrogens is 228 g/mol. The van der Waals surface area contributed by atoms with Crippen LogP contribution in [0, 0.1) is 22.3 Å². The highest BCUT2D eigenvalue weighted by molar-refractivity contribution is 8.03. The molecule has 0 N–H and O–H groups in total. The Morgan fingerprint density at radius 1 is 1.44 bits per heavy atom. The van der Waals surface area contributed by atoms with Crippen LogP contribution in [0.5, 0.6) is 0 Å². The van der Waals surface area contributed by atoms with E-state index >= 15 is 0 Å². The van der Waals surface area contributed by atoms with E-state index in [-0.39, 0.29) is 5.92 Å². The molecule has 0 aliphatic carbocycles. The second-order valence-electron chi connectivity index (χ2n) is 3.48. The summed E-state index contributed by atoms with van der Waals surface area (Å²) in [6.07, 6.45) is 1.43. The van der Waals surface area contributed by atoms with E-state index in [0.29, 0.717) is 17.7 Å². The van der Waals surface area contributed by atoms with Crippen molar-refractivity contribution in [3.05, 3.63) is 35.4 Å². The van der Waals surface area contributed by atoms with Crippen LogP contribution < -0.4 is 0 Å². The Labute approximate surface area is 98.5 Å². The molecular formula is C12H13F2NS. The summed E-state index contributed by atoms with van der Waals surface area (Å²) in [5, 5.41) is 10.4.